The van der Waals surface area contributed by atoms with E-state index in [2.05, 4.69) is 6.92 Å². The first kappa shape index (κ1) is 23.0. The van der Waals surface area contributed by atoms with Crippen LogP contribution in [0.4, 0.5) is 0 Å². The average Bonchev–Trinajstić information content (AvgIpc) is 2.63. The Morgan fingerprint density at radius 1 is 0.680 bits per heavy atom. The molecule has 2 atom stereocenters. The minimum atomic E-state index is -0.204. The molecule has 1 saturated heterocycles. The zero-order valence-electron chi connectivity index (χ0n) is 17.2. The number of hydrogen-bond acceptors (Lipinski definition) is 2. The van der Waals surface area contributed by atoms with Crippen LogP contribution in [0.1, 0.15) is 122 Å². The summed E-state index contributed by atoms with van der Waals surface area (Å²) in [6.07, 6.45) is 24.8. The topological polar surface area (TPSA) is 29.5 Å². The number of aliphatic hydroxyl groups excluding tert-OH is 1. The van der Waals surface area contributed by atoms with E-state index in [1.807, 2.05) is 0 Å². The third-order valence-corrected chi connectivity index (χ3v) is 5.89. The quantitative estimate of drug-likeness (QED) is 0.284. The van der Waals surface area contributed by atoms with Crippen molar-refractivity contribution in [2.75, 3.05) is 13.2 Å². The summed E-state index contributed by atoms with van der Waals surface area (Å²) >= 11 is 0. The van der Waals surface area contributed by atoms with E-state index in [-0.39, 0.29) is 6.10 Å². The Bertz CT molecular complexity index is 267. The average molecular weight is 355 g/mol. The fourth-order valence-electron chi connectivity index (χ4n) is 4.06. The Morgan fingerprint density at radius 3 is 1.56 bits per heavy atom. The fourth-order valence-corrected chi connectivity index (χ4v) is 4.06. The fraction of sp³-hybridized carbons (Fsp3) is 1.00. The molecule has 2 unspecified atom stereocenters. The molecule has 1 aliphatic heterocycles. The molecule has 1 heterocycles. The van der Waals surface area contributed by atoms with Gasteiger partial charge in [0.05, 0.1) is 12.7 Å². The molecule has 2 nitrogen and oxygen atoms in total. The van der Waals surface area contributed by atoms with Crippen LogP contribution in [0.5, 0.6) is 0 Å². The second kappa shape index (κ2) is 17.3. The number of ether oxygens (including phenoxy) is 1. The van der Waals surface area contributed by atoms with Crippen LogP contribution in [0.2, 0.25) is 0 Å². The van der Waals surface area contributed by atoms with E-state index in [4.69, 9.17) is 4.74 Å². The van der Waals surface area contributed by atoms with Gasteiger partial charge < -0.3 is 9.84 Å². The van der Waals surface area contributed by atoms with Crippen LogP contribution >= 0.6 is 0 Å². The van der Waals surface area contributed by atoms with Gasteiger partial charge in [-0.3, -0.25) is 0 Å². The van der Waals surface area contributed by atoms with Crippen molar-refractivity contribution in [2.45, 2.75) is 129 Å². The minimum Gasteiger partial charge on any atom is -0.390 e. The number of hydrogen-bond donors (Lipinski definition) is 1. The van der Waals surface area contributed by atoms with Crippen molar-refractivity contribution in [3.63, 3.8) is 0 Å². The predicted octanol–water partition coefficient (Wildman–Crippen LogP) is 7.04. The molecular formula is C23H46O2. The van der Waals surface area contributed by atoms with Crippen molar-refractivity contribution < 1.29 is 9.84 Å². The molecule has 0 saturated carbocycles. The van der Waals surface area contributed by atoms with Crippen molar-refractivity contribution in [1.82, 2.24) is 0 Å². The van der Waals surface area contributed by atoms with Crippen molar-refractivity contribution in [3.05, 3.63) is 0 Å². The van der Waals surface area contributed by atoms with E-state index in [1.54, 1.807) is 0 Å². The lowest BCUT2D eigenvalue weighted by Crippen LogP contribution is -2.32. The van der Waals surface area contributed by atoms with Gasteiger partial charge in [-0.2, -0.15) is 0 Å². The summed E-state index contributed by atoms with van der Waals surface area (Å²) in [5, 5.41) is 9.87. The largest absolute Gasteiger partial charge is 0.390 e. The van der Waals surface area contributed by atoms with Gasteiger partial charge >= 0.3 is 0 Å². The summed E-state index contributed by atoms with van der Waals surface area (Å²) in [7, 11) is 0. The van der Waals surface area contributed by atoms with Gasteiger partial charge in [-0.05, 0) is 18.8 Å². The van der Waals surface area contributed by atoms with Crippen molar-refractivity contribution >= 4 is 0 Å². The highest BCUT2D eigenvalue weighted by Crippen LogP contribution is 2.22. The second-order valence-corrected chi connectivity index (χ2v) is 8.28. The molecule has 2 heteroatoms. The molecule has 0 radical (unpaired) electrons. The maximum absolute atomic E-state index is 9.87. The van der Waals surface area contributed by atoms with E-state index in [0.29, 0.717) is 12.5 Å². The van der Waals surface area contributed by atoms with Gasteiger partial charge in [0, 0.05) is 6.61 Å². The molecule has 1 N–H and O–H groups in total. The molecule has 0 aliphatic carbocycles. The monoisotopic (exact) mass is 354 g/mol. The lowest BCUT2D eigenvalue weighted by atomic mass is 9.91. The third-order valence-electron chi connectivity index (χ3n) is 5.89. The predicted molar refractivity (Wildman–Crippen MR) is 109 cm³/mol. The molecule has 0 spiro atoms. The van der Waals surface area contributed by atoms with E-state index in [0.717, 1.165) is 13.0 Å². The first-order valence-corrected chi connectivity index (χ1v) is 11.6. The zero-order valence-corrected chi connectivity index (χ0v) is 17.2. The zero-order chi connectivity index (χ0) is 18.0. The molecule has 1 fully saturated rings. The first-order valence-electron chi connectivity index (χ1n) is 11.6. The number of aliphatic hydroxyl groups is 1. The highest BCUT2D eigenvalue weighted by molar-refractivity contribution is 4.72. The van der Waals surface area contributed by atoms with Gasteiger partial charge in [-0.25, -0.2) is 0 Å². The van der Waals surface area contributed by atoms with Crippen LogP contribution in [-0.2, 0) is 4.74 Å². The third kappa shape index (κ3) is 13.7. The normalized spacial score (nSPS) is 20.9. The highest BCUT2D eigenvalue weighted by Gasteiger charge is 2.22. The van der Waals surface area contributed by atoms with Gasteiger partial charge in [-0.1, -0.05) is 110 Å². The maximum Gasteiger partial charge on any atom is 0.0802 e. The Labute approximate surface area is 158 Å². The molecule has 0 aromatic heterocycles. The van der Waals surface area contributed by atoms with E-state index >= 15 is 0 Å². The molecule has 0 amide bonds. The van der Waals surface area contributed by atoms with Gasteiger partial charge in [0.2, 0.25) is 0 Å². The summed E-state index contributed by atoms with van der Waals surface area (Å²) in [6, 6.07) is 0. The summed E-state index contributed by atoms with van der Waals surface area (Å²) in [5.74, 6) is 0.500. The molecule has 1 aliphatic rings. The summed E-state index contributed by atoms with van der Waals surface area (Å²) in [4.78, 5) is 0. The van der Waals surface area contributed by atoms with Gasteiger partial charge in [0.15, 0.2) is 0 Å². The molecular weight excluding hydrogens is 308 g/mol. The van der Waals surface area contributed by atoms with Crippen LogP contribution in [0.15, 0.2) is 0 Å². The Balaban J connectivity index is 1.70. The number of unbranched alkanes of at least 4 members (excludes halogenated alkanes) is 15. The van der Waals surface area contributed by atoms with Crippen LogP contribution in [0.25, 0.3) is 0 Å². The van der Waals surface area contributed by atoms with Gasteiger partial charge in [-0.15, -0.1) is 0 Å². The Hall–Kier alpha value is -0.0800. The second-order valence-electron chi connectivity index (χ2n) is 8.28. The van der Waals surface area contributed by atoms with Crippen molar-refractivity contribution in [2.24, 2.45) is 5.92 Å². The number of rotatable bonds is 17. The Morgan fingerprint density at radius 2 is 1.12 bits per heavy atom. The summed E-state index contributed by atoms with van der Waals surface area (Å²) < 4.78 is 5.29. The molecule has 25 heavy (non-hydrogen) atoms. The standard InChI is InChI=1S/C23H46O2/c1-2-3-4-5-6-7-8-9-10-11-12-13-14-15-16-17-18-22-19-20-25-21-23(22)24/h22-24H,2-21H2,1H3. The van der Waals surface area contributed by atoms with Crippen LogP contribution in [-0.4, -0.2) is 24.4 Å². The SMILES string of the molecule is CCCCCCCCCCCCCCCCCCC1CCOCC1O. The maximum atomic E-state index is 9.87. The molecule has 0 aromatic rings. The van der Waals surface area contributed by atoms with Crippen molar-refractivity contribution in [1.29, 1.82) is 0 Å². The Kier molecular flexibility index (Phi) is 15.9. The molecule has 0 aromatic carbocycles. The summed E-state index contributed by atoms with van der Waals surface area (Å²) in [5.41, 5.74) is 0. The molecule has 0 bridgehead atoms. The van der Waals surface area contributed by atoms with E-state index in [1.165, 1.54) is 109 Å². The lowest BCUT2D eigenvalue weighted by molar-refractivity contribution is -0.0465. The van der Waals surface area contributed by atoms with E-state index in [9.17, 15) is 5.11 Å². The lowest BCUT2D eigenvalue weighted by Gasteiger charge is -2.27. The van der Waals surface area contributed by atoms with Crippen LogP contribution < -0.4 is 0 Å². The van der Waals surface area contributed by atoms with Crippen molar-refractivity contribution in [3.8, 4) is 0 Å². The van der Waals surface area contributed by atoms with Gasteiger partial charge in [0.1, 0.15) is 0 Å². The first-order chi connectivity index (χ1) is 12.3. The van der Waals surface area contributed by atoms with Crippen LogP contribution in [0.3, 0.4) is 0 Å². The highest BCUT2D eigenvalue weighted by atomic mass is 16.5. The van der Waals surface area contributed by atoms with E-state index < -0.39 is 0 Å². The minimum absolute atomic E-state index is 0.204. The molecule has 1 rings (SSSR count). The summed E-state index contributed by atoms with van der Waals surface area (Å²) in [6.45, 7) is 3.70. The van der Waals surface area contributed by atoms with Gasteiger partial charge in [0.25, 0.3) is 0 Å². The smallest absolute Gasteiger partial charge is 0.0802 e. The molecule has 150 valence electrons. The van der Waals surface area contributed by atoms with Crippen LogP contribution in [0, 0.1) is 5.92 Å².